The first-order chi connectivity index (χ1) is 8.58. The lowest BCUT2D eigenvalue weighted by molar-refractivity contribution is -0.131. The fourth-order valence-corrected chi connectivity index (χ4v) is 1.84. The zero-order chi connectivity index (χ0) is 13.1. The molecule has 1 aromatic heterocycles. The quantitative estimate of drug-likeness (QED) is 0.848. The summed E-state index contributed by atoms with van der Waals surface area (Å²) >= 11 is 6.06. The Balaban J connectivity index is 2.37. The molecule has 0 bridgehead atoms. The van der Waals surface area contributed by atoms with Crippen LogP contribution in [0.3, 0.4) is 0 Å². The number of halogens is 1. The highest BCUT2D eigenvalue weighted by Crippen LogP contribution is 2.30. The maximum absolute atomic E-state index is 10.6. The molecule has 3 nitrogen and oxygen atoms in total. The van der Waals surface area contributed by atoms with Gasteiger partial charge in [-0.25, -0.2) is 4.79 Å². The second-order valence-corrected chi connectivity index (χ2v) is 4.22. The van der Waals surface area contributed by atoms with E-state index in [1.807, 2.05) is 18.2 Å². The van der Waals surface area contributed by atoms with Crippen LogP contribution < -0.4 is 0 Å². The first-order valence-electron chi connectivity index (χ1n) is 5.34. The van der Waals surface area contributed by atoms with Crippen molar-refractivity contribution >= 4 is 23.1 Å². The standard InChI is InChI=1S/C14H11ClO3/c1-9(8-14(16)17)12-6-7-13(18-12)10-4-2-3-5-11(10)15/h2-8H,1H3,(H,16,17)/b9-8+. The summed E-state index contributed by atoms with van der Waals surface area (Å²) in [6.45, 7) is 1.68. The average Bonchev–Trinajstić information content (AvgIpc) is 2.78. The van der Waals surface area contributed by atoms with Gasteiger partial charge >= 0.3 is 5.97 Å². The number of rotatable bonds is 3. The van der Waals surface area contributed by atoms with Gasteiger partial charge in [0, 0.05) is 11.6 Å². The number of aliphatic carboxylic acids is 1. The van der Waals surface area contributed by atoms with Gasteiger partial charge < -0.3 is 9.52 Å². The molecule has 0 atom stereocenters. The third-order valence-electron chi connectivity index (χ3n) is 2.47. The largest absolute Gasteiger partial charge is 0.478 e. The molecule has 0 aliphatic carbocycles. The number of furan rings is 1. The lowest BCUT2D eigenvalue weighted by Gasteiger charge is -2.00. The molecule has 0 radical (unpaired) electrons. The number of benzene rings is 1. The van der Waals surface area contributed by atoms with Gasteiger partial charge in [0.2, 0.25) is 0 Å². The summed E-state index contributed by atoms with van der Waals surface area (Å²) in [4.78, 5) is 10.6. The van der Waals surface area contributed by atoms with E-state index in [1.165, 1.54) is 0 Å². The average molecular weight is 263 g/mol. The van der Waals surface area contributed by atoms with Gasteiger partial charge in [-0.05, 0) is 36.8 Å². The van der Waals surface area contributed by atoms with Crippen molar-refractivity contribution in [2.45, 2.75) is 6.92 Å². The Kier molecular flexibility index (Phi) is 3.53. The van der Waals surface area contributed by atoms with Crippen molar-refractivity contribution in [1.82, 2.24) is 0 Å². The highest BCUT2D eigenvalue weighted by Gasteiger charge is 2.09. The van der Waals surface area contributed by atoms with E-state index in [0.29, 0.717) is 22.1 Å². The van der Waals surface area contributed by atoms with Crippen LogP contribution in [0.5, 0.6) is 0 Å². The minimum absolute atomic E-state index is 0.521. The number of carbonyl (C=O) groups is 1. The summed E-state index contributed by atoms with van der Waals surface area (Å²) in [6, 6.07) is 10.8. The molecule has 1 aromatic carbocycles. The third-order valence-corrected chi connectivity index (χ3v) is 2.80. The van der Waals surface area contributed by atoms with Gasteiger partial charge in [0.15, 0.2) is 0 Å². The van der Waals surface area contributed by atoms with Crippen LogP contribution >= 0.6 is 11.6 Å². The molecule has 0 aliphatic rings. The minimum Gasteiger partial charge on any atom is -0.478 e. The Labute approximate surface area is 109 Å². The molecule has 0 unspecified atom stereocenters. The molecule has 92 valence electrons. The third kappa shape index (κ3) is 2.63. The fraction of sp³-hybridized carbons (Fsp3) is 0.0714. The van der Waals surface area contributed by atoms with E-state index in [-0.39, 0.29) is 0 Å². The van der Waals surface area contributed by atoms with E-state index >= 15 is 0 Å². The fourth-order valence-electron chi connectivity index (χ4n) is 1.61. The summed E-state index contributed by atoms with van der Waals surface area (Å²) in [7, 11) is 0. The molecule has 0 saturated heterocycles. The number of carboxylic acid groups (broad SMARTS) is 1. The Morgan fingerprint density at radius 2 is 2.00 bits per heavy atom. The van der Waals surface area contributed by atoms with Crippen molar-refractivity contribution in [2.75, 3.05) is 0 Å². The molecule has 0 saturated carbocycles. The maximum atomic E-state index is 10.6. The summed E-state index contributed by atoms with van der Waals surface area (Å²) in [5, 5.41) is 9.27. The lowest BCUT2D eigenvalue weighted by Crippen LogP contribution is -1.88. The molecule has 0 spiro atoms. The van der Waals surface area contributed by atoms with E-state index in [1.54, 1.807) is 25.1 Å². The first-order valence-corrected chi connectivity index (χ1v) is 5.72. The van der Waals surface area contributed by atoms with Gasteiger partial charge in [-0.1, -0.05) is 23.7 Å². The van der Waals surface area contributed by atoms with Crippen molar-refractivity contribution in [3.63, 3.8) is 0 Å². The van der Waals surface area contributed by atoms with Crippen LogP contribution in [0, 0.1) is 0 Å². The number of hydrogen-bond donors (Lipinski definition) is 1. The van der Waals surface area contributed by atoms with Gasteiger partial charge in [-0.2, -0.15) is 0 Å². The van der Waals surface area contributed by atoms with Gasteiger partial charge in [0.25, 0.3) is 0 Å². The lowest BCUT2D eigenvalue weighted by atomic mass is 10.2. The Bertz CT molecular complexity index is 611. The monoisotopic (exact) mass is 262 g/mol. The molecule has 2 rings (SSSR count). The van der Waals surface area contributed by atoms with Crippen LogP contribution in [0.1, 0.15) is 12.7 Å². The van der Waals surface area contributed by atoms with Crippen LogP contribution in [0.2, 0.25) is 5.02 Å². The molecule has 2 aromatic rings. The zero-order valence-corrected chi connectivity index (χ0v) is 10.4. The minimum atomic E-state index is -0.997. The highest BCUT2D eigenvalue weighted by molar-refractivity contribution is 6.33. The molecule has 0 fully saturated rings. The van der Waals surface area contributed by atoms with E-state index in [4.69, 9.17) is 21.1 Å². The van der Waals surface area contributed by atoms with Gasteiger partial charge in [0.1, 0.15) is 11.5 Å². The molecule has 0 aliphatic heterocycles. The normalized spacial score (nSPS) is 11.6. The maximum Gasteiger partial charge on any atom is 0.328 e. The van der Waals surface area contributed by atoms with E-state index in [0.717, 1.165) is 11.6 Å². The van der Waals surface area contributed by atoms with Crippen molar-refractivity contribution in [3.05, 3.63) is 53.3 Å². The van der Waals surface area contributed by atoms with E-state index in [2.05, 4.69) is 0 Å². The van der Waals surface area contributed by atoms with Crippen LogP contribution in [0.15, 0.2) is 46.9 Å². The van der Waals surface area contributed by atoms with Gasteiger partial charge in [0.05, 0.1) is 5.02 Å². The predicted molar refractivity (Wildman–Crippen MR) is 70.4 cm³/mol. The molecular formula is C14H11ClO3. The topological polar surface area (TPSA) is 50.4 Å². The smallest absolute Gasteiger partial charge is 0.328 e. The van der Waals surface area contributed by atoms with Crippen LogP contribution in [-0.2, 0) is 4.79 Å². The predicted octanol–water partition coefficient (Wildman–Crippen LogP) is 4.09. The highest BCUT2D eigenvalue weighted by atomic mass is 35.5. The van der Waals surface area contributed by atoms with Crippen molar-refractivity contribution in [1.29, 1.82) is 0 Å². The second kappa shape index (κ2) is 5.10. The zero-order valence-electron chi connectivity index (χ0n) is 9.68. The van der Waals surface area contributed by atoms with Gasteiger partial charge in [-0.3, -0.25) is 0 Å². The summed E-state index contributed by atoms with van der Waals surface area (Å²) in [5.41, 5.74) is 1.34. The van der Waals surface area contributed by atoms with Crippen LogP contribution in [0.25, 0.3) is 16.9 Å². The molecule has 1 heterocycles. The molecular weight excluding hydrogens is 252 g/mol. The Hall–Kier alpha value is -2.00. The molecule has 1 N–H and O–H groups in total. The summed E-state index contributed by atoms with van der Waals surface area (Å²) < 4.78 is 5.60. The SMILES string of the molecule is C/C(=C\C(=O)O)c1ccc(-c2ccccc2Cl)o1. The number of carboxylic acids is 1. The first kappa shape index (κ1) is 12.5. The summed E-state index contributed by atoms with van der Waals surface area (Å²) in [6.07, 6.45) is 1.11. The summed E-state index contributed by atoms with van der Waals surface area (Å²) in [5.74, 6) is 0.143. The molecule has 18 heavy (non-hydrogen) atoms. The number of hydrogen-bond acceptors (Lipinski definition) is 2. The van der Waals surface area contributed by atoms with Crippen LogP contribution in [-0.4, -0.2) is 11.1 Å². The van der Waals surface area contributed by atoms with Crippen molar-refractivity contribution in [2.24, 2.45) is 0 Å². The van der Waals surface area contributed by atoms with Crippen molar-refractivity contribution in [3.8, 4) is 11.3 Å². The number of allylic oxidation sites excluding steroid dienone is 1. The van der Waals surface area contributed by atoms with Gasteiger partial charge in [-0.15, -0.1) is 0 Å². The van der Waals surface area contributed by atoms with Crippen LogP contribution in [0.4, 0.5) is 0 Å². The van der Waals surface area contributed by atoms with E-state index < -0.39 is 5.97 Å². The Morgan fingerprint density at radius 1 is 1.28 bits per heavy atom. The van der Waals surface area contributed by atoms with E-state index in [9.17, 15) is 4.79 Å². The molecule has 4 heteroatoms. The molecule has 0 amide bonds. The second-order valence-electron chi connectivity index (χ2n) is 3.81. The Morgan fingerprint density at radius 3 is 2.67 bits per heavy atom. The van der Waals surface area contributed by atoms with Crippen molar-refractivity contribution < 1.29 is 14.3 Å².